The first-order chi connectivity index (χ1) is 8.35. The Balaban J connectivity index is 0.000000128. The van der Waals surface area contributed by atoms with Gasteiger partial charge in [0, 0.05) is 13.2 Å². The smallest absolute Gasteiger partial charge is 0.0494 e. The monoisotopic (exact) mass is 232 g/mol. The third kappa shape index (κ3) is 3.10. The van der Waals surface area contributed by atoms with Crippen molar-refractivity contribution in [1.82, 2.24) is 0 Å². The van der Waals surface area contributed by atoms with Crippen molar-refractivity contribution < 1.29 is 4.74 Å². The molecule has 1 aliphatic heterocycles. The van der Waals surface area contributed by atoms with Crippen molar-refractivity contribution in [2.24, 2.45) is 5.92 Å². The minimum atomic E-state index is 0.865. The molecular formula is C16H24O. The number of rotatable bonds is 3. The largest absolute Gasteiger partial charge is 0.381 e. The van der Waals surface area contributed by atoms with E-state index in [9.17, 15) is 0 Å². The number of hydrogen-bond donors (Lipinski definition) is 0. The molecule has 17 heavy (non-hydrogen) atoms. The maximum Gasteiger partial charge on any atom is 0.0494 e. The van der Waals surface area contributed by atoms with Gasteiger partial charge in [-0.25, -0.2) is 0 Å². The predicted molar refractivity (Wildman–Crippen MR) is 71.9 cm³/mol. The molecule has 3 rings (SSSR count). The zero-order valence-electron chi connectivity index (χ0n) is 11.2. The van der Waals surface area contributed by atoms with E-state index in [1.807, 2.05) is 0 Å². The summed E-state index contributed by atoms with van der Waals surface area (Å²) in [5.41, 5.74) is 1.56. The zero-order chi connectivity index (χ0) is 12.1. The van der Waals surface area contributed by atoms with Crippen LogP contribution in [0.3, 0.4) is 0 Å². The van der Waals surface area contributed by atoms with Crippen LogP contribution in [-0.2, 0) is 11.2 Å². The first-order valence-corrected chi connectivity index (χ1v) is 7.06. The van der Waals surface area contributed by atoms with Crippen LogP contribution >= 0.6 is 0 Å². The molecule has 2 aliphatic carbocycles. The Kier molecular flexibility index (Phi) is 4.61. The van der Waals surface area contributed by atoms with Crippen molar-refractivity contribution in [3.63, 3.8) is 0 Å². The second-order valence-electron chi connectivity index (χ2n) is 5.11. The van der Waals surface area contributed by atoms with Gasteiger partial charge < -0.3 is 4.74 Å². The van der Waals surface area contributed by atoms with Crippen LogP contribution in [-0.4, -0.2) is 13.2 Å². The molecule has 1 heterocycles. The molecule has 94 valence electrons. The molecule has 1 fully saturated rings. The molecule has 0 aromatic rings. The zero-order valence-corrected chi connectivity index (χ0v) is 11.2. The quantitative estimate of drug-likeness (QED) is 0.775. The van der Waals surface area contributed by atoms with Crippen LogP contribution in [0.25, 0.3) is 0 Å². The molecule has 0 radical (unpaired) electrons. The maximum absolute atomic E-state index is 5.27. The fraction of sp³-hybridized carbons (Fsp3) is 0.625. The molecule has 1 saturated heterocycles. The Morgan fingerprint density at radius 3 is 2.53 bits per heavy atom. The van der Waals surface area contributed by atoms with Crippen LogP contribution in [0.15, 0.2) is 18.2 Å². The van der Waals surface area contributed by atoms with Crippen molar-refractivity contribution in [1.29, 1.82) is 0 Å². The van der Waals surface area contributed by atoms with Gasteiger partial charge in [-0.3, -0.25) is 0 Å². The summed E-state index contributed by atoms with van der Waals surface area (Å²) in [6.45, 7) is 6.47. The van der Waals surface area contributed by atoms with E-state index in [4.69, 9.17) is 4.74 Å². The number of ether oxygens (including phenoxy) is 1. The van der Waals surface area contributed by atoms with Crippen LogP contribution in [0, 0.1) is 16.4 Å². The second-order valence-corrected chi connectivity index (χ2v) is 5.11. The van der Waals surface area contributed by atoms with E-state index in [-0.39, 0.29) is 0 Å². The fourth-order valence-electron chi connectivity index (χ4n) is 2.47. The summed E-state index contributed by atoms with van der Waals surface area (Å²) in [5.74, 6) is 0.865. The minimum Gasteiger partial charge on any atom is -0.381 e. The standard InChI is InChI=1S/C9H10.C7H14O/c1-2-3-7-6-8-4-5-9(7)8;1-2-7-4-3-5-8-6-7/h4-6H,2-3H2,1H3;7H,2-6H2,1H3. The summed E-state index contributed by atoms with van der Waals surface area (Å²) in [4.78, 5) is 0. The highest BCUT2D eigenvalue weighted by Gasteiger charge is 2.10. The SMILES string of the molecule is CCC1CCCOC1.CCCc1cc2ccc1=2. The lowest BCUT2D eigenvalue weighted by atomic mass is 9.96. The van der Waals surface area contributed by atoms with Crippen molar-refractivity contribution in [2.45, 2.75) is 46.0 Å². The normalized spacial score (nSPS) is 20.5. The van der Waals surface area contributed by atoms with Gasteiger partial charge in [-0.15, -0.1) is 0 Å². The van der Waals surface area contributed by atoms with Gasteiger partial charge in [-0.1, -0.05) is 44.9 Å². The predicted octanol–water partition coefficient (Wildman–Crippen LogP) is 4.06. The molecule has 3 aliphatic rings. The Morgan fingerprint density at radius 1 is 1.29 bits per heavy atom. The van der Waals surface area contributed by atoms with E-state index >= 15 is 0 Å². The molecule has 0 aromatic heterocycles. The topological polar surface area (TPSA) is 9.23 Å². The Labute approximate surface area is 104 Å². The molecule has 0 amide bonds. The first kappa shape index (κ1) is 12.6. The van der Waals surface area contributed by atoms with Crippen molar-refractivity contribution >= 4 is 0 Å². The number of hydrogen-bond acceptors (Lipinski definition) is 1. The van der Waals surface area contributed by atoms with Crippen molar-refractivity contribution in [3.05, 3.63) is 34.2 Å². The molecule has 1 atom stereocenters. The maximum atomic E-state index is 5.27. The molecule has 1 nitrogen and oxygen atoms in total. The lowest BCUT2D eigenvalue weighted by Crippen LogP contribution is -2.15. The van der Waals surface area contributed by atoms with E-state index < -0.39 is 0 Å². The molecule has 1 unspecified atom stereocenters. The van der Waals surface area contributed by atoms with Crippen LogP contribution in [0.4, 0.5) is 0 Å². The molecule has 0 bridgehead atoms. The highest BCUT2D eigenvalue weighted by molar-refractivity contribution is 5.33. The van der Waals surface area contributed by atoms with Gasteiger partial charge in [0.1, 0.15) is 0 Å². The molecule has 1 heteroatoms. The van der Waals surface area contributed by atoms with Gasteiger partial charge in [-0.2, -0.15) is 0 Å². The van der Waals surface area contributed by atoms with E-state index in [0.717, 1.165) is 19.1 Å². The summed E-state index contributed by atoms with van der Waals surface area (Å²) < 4.78 is 5.27. The minimum absolute atomic E-state index is 0.865. The van der Waals surface area contributed by atoms with E-state index in [0.29, 0.717) is 0 Å². The summed E-state index contributed by atoms with van der Waals surface area (Å²) in [6.07, 6.45) is 6.49. The third-order valence-electron chi connectivity index (χ3n) is 3.77. The molecule has 0 N–H and O–H groups in total. The van der Waals surface area contributed by atoms with Gasteiger partial charge in [0.05, 0.1) is 0 Å². The summed E-state index contributed by atoms with van der Waals surface area (Å²) in [7, 11) is 0. The van der Waals surface area contributed by atoms with E-state index in [2.05, 4.69) is 32.0 Å². The van der Waals surface area contributed by atoms with Gasteiger partial charge in [0.25, 0.3) is 0 Å². The van der Waals surface area contributed by atoms with Gasteiger partial charge in [0.15, 0.2) is 0 Å². The van der Waals surface area contributed by atoms with Crippen LogP contribution in [0.5, 0.6) is 0 Å². The van der Waals surface area contributed by atoms with Gasteiger partial charge in [0.2, 0.25) is 0 Å². The Hall–Kier alpha value is -0.820. The summed E-state index contributed by atoms with van der Waals surface area (Å²) in [6, 6.07) is 6.67. The van der Waals surface area contributed by atoms with Crippen LogP contribution in [0.1, 0.15) is 45.1 Å². The summed E-state index contributed by atoms with van der Waals surface area (Å²) in [5, 5.41) is 3.00. The van der Waals surface area contributed by atoms with Crippen molar-refractivity contribution in [3.8, 4) is 0 Å². The number of benzene rings is 1. The average Bonchev–Trinajstić information content (AvgIpc) is 2.37. The fourth-order valence-corrected chi connectivity index (χ4v) is 2.47. The van der Waals surface area contributed by atoms with Crippen molar-refractivity contribution in [2.75, 3.05) is 13.2 Å². The van der Waals surface area contributed by atoms with Crippen LogP contribution in [0.2, 0.25) is 0 Å². The lowest BCUT2D eigenvalue weighted by molar-refractivity contribution is 0.0535. The van der Waals surface area contributed by atoms with Crippen LogP contribution < -0.4 is 0 Å². The molecule has 0 aromatic carbocycles. The highest BCUT2D eigenvalue weighted by atomic mass is 16.5. The summed E-state index contributed by atoms with van der Waals surface area (Å²) >= 11 is 0. The molecule has 0 spiro atoms. The Morgan fingerprint density at radius 2 is 2.18 bits per heavy atom. The molecular weight excluding hydrogens is 208 g/mol. The average molecular weight is 232 g/mol. The van der Waals surface area contributed by atoms with Gasteiger partial charge in [-0.05, 0) is 41.2 Å². The molecule has 0 saturated carbocycles. The van der Waals surface area contributed by atoms with E-state index in [1.54, 1.807) is 5.56 Å². The third-order valence-corrected chi connectivity index (χ3v) is 3.77. The lowest BCUT2D eigenvalue weighted by Gasteiger charge is -2.19. The highest BCUT2D eigenvalue weighted by Crippen LogP contribution is 2.17. The first-order valence-electron chi connectivity index (χ1n) is 7.06. The van der Waals surface area contributed by atoms with E-state index in [1.165, 1.54) is 42.5 Å². The Bertz CT molecular complexity index is 429. The second kappa shape index (κ2) is 6.20. The number of aryl methyl sites for hydroxylation is 1. The van der Waals surface area contributed by atoms with Gasteiger partial charge >= 0.3 is 0 Å².